The zero-order valence-corrected chi connectivity index (χ0v) is 20.5. The first kappa shape index (κ1) is 25.4. The molecule has 1 aromatic heterocycles. The molecule has 0 atom stereocenters. The number of methoxy groups -OCH3 is 1. The van der Waals surface area contributed by atoms with Crippen molar-refractivity contribution in [3.05, 3.63) is 52.7 Å². The molecule has 0 spiro atoms. The van der Waals surface area contributed by atoms with Gasteiger partial charge in [0.2, 0.25) is 5.91 Å². The van der Waals surface area contributed by atoms with E-state index < -0.39 is 16.7 Å². The lowest BCUT2D eigenvalue weighted by atomic mass is 10.1. The van der Waals surface area contributed by atoms with Gasteiger partial charge in [-0.15, -0.1) is 0 Å². The number of hydrogen-bond donors (Lipinski definition) is 2. The lowest BCUT2D eigenvalue weighted by Gasteiger charge is -2.31. The van der Waals surface area contributed by atoms with Crippen LogP contribution in [0.5, 0.6) is 11.5 Å². The van der Waals surface area contributed by atoms with Crippen molar-refractivity contribution in [1.29, 1.82) is 5.26 Å². The quantitative estimate of drug-likeness (QED) is 0.450. The maximum atomic E-state index is 14.6. The van der Waals surface area contributed by atoms with E-state index in [4.69, 9.17) is 21.1 Å². The van der Waals surface area contributed by atoms with Crippen LogP contribution in [-0.2, 0) is 4.79 Å². The number of pyridine rings is 1. The van der Waals surface area contributed by atoms with E-state index in [1.807, 2.05) is 6.07 Å². The molecule has 8 nitrogen and oxygen atoms in total. The maximum Gasteiger partial charge on any atom is 0.233 e. The third-order valence-electron chi connectivity index (χ3n) is 6.04. The van der Waals surface area contributed by atoms with Crippen LogP contribution in [0.2, 0.25) is 5.02 Å². The predicted octanol–water partition coefficient (Wildman–Crippen LogP) is 4.38. The van der Waals surface area contributed by atoms with Gasteiger partial charge in [0.1, 0.15) is 23.0 Å². The molecule has 1 aliphatic heterocycles. The van der Waals surface area contributed by atoms with Crippen molar-refractivity contribution in [3.8, 4) is 17.6 Å². The van der Waals surface area contributed by atoms with Crippen molar-refractivity contribution in [1.82, 2.24) is 15.2 Å². The first-order valence-electron chi connectivity index (χ1n) is 11.3. The fourth-order valence-electron chi connectivity index (χ4n) is 4.08. The number of ether oxygens (including phenoxy) is 2. The van der Waals surface area contributed by atoms with Crippen molar-refractivity contribution in [2.24, 2.45) is 0 Å². The Morgan fingerprint density at radius 2 is 2.03 bits per heavy atom. The van der Waals surface area contributed by atoms with Crippen molar-refractivity contribution < 1.29 is 23.0 Å². The van der Waals surface area contributed by atoms with Gasteiger partial charge in [-0.25, -0.2) is 8.78 Å². The van der Waals surface area contributed by atoms with Gasteiger partial charge in [0.15, 0.2) is 17.3 Å². The number of piperidine rings is 1. The molecule has 0 unspecified atom stereocenters. The molecule has 1 amide bonds. The van der Waals surface area contributed by atoms with E-state index in [-0.39, 0.29) is 28.9 Å². The molecule has 4 rings (SSSR count). The van der Waals surface area contributed by atoms with E-state index >= 15 is 0 Å². The number of aromatic nitrogens is 1. The number of likely N-dealkylation sites (tertiary alicyclic amines) is 1. The van der Waals surface area contributed by atoms with Crippen LogP contribution in [0.3, 0.4) is 0 Å². The highest BCUT2D eigenvalue weighted by atomic mass is 35.5. The van der Waals surface area contributed by atoms with Gasteiger partial charge in [-0.1, -0.05) is 11.6 Å². The van der Waals surface area contributed by atoms with Crippen LogP contribution in [0.15, 0.2) is 30.5 Å². The van der Waals surface area contributed by atoms with Crippen LogP contribution in [-0.4, -0.2) is 55.7 Å². The van der Waals surface area contributed by atoms with Gasteiger partial charge in [0.05, 0.1) is 36.1 Å². The average Bonchev–Trinajstić information content (AvgIpc) is 2.89. The number of nitriles is 1. The Labute approximate surface area is 211 Å². The Bertz CT molecular complexity index is 1340. The fraction of sp³-hybridized carbons (Fsp3) is 0.320. The molecule has 1 saturated heterocycles. The molecule has 2 N–H and O–H groups in total. The van der Waals surface area contributed by atoms with Crippen molar-refractivity contribution in [2.75, 3.05) is 39.1 Å². The summed E-state index contributed by atoms with van der Waals surface area (Å²) in [7, 11) is 3.12. The van der Waals surface area contributed by atoms with E-state index in [2.05, 4.69) is 20.5 Å². The molecule has 1 aliphatic rings. The second-order valence-electron chi connectivity index (χ2n) is 8.29. The van der Waals surface area contributed by atoms with Gasteiger partial charge >= 0.3 is 0 Å². The summed E-state index contributed by atoms with van der Waals surface area (Å²) in [5.41, 5.74) is 0.819. The van der Waals surface area contributed by atoms with Gasteiger partial charge in [-0.2, -0.15) is 5.26 Å². The summed E-state index contributed by atoms with van der Waals surface area (Å²) in [4.78, 5) is 18.0. The number of amides is 1. The molecule has 0 radical (unpaired) electrons. The van der Waals surface area contributed by atoms with Crippen LogP contribution in [0, 0.1) is 23.0 Å². The molecule has 3 aromatic rings. The lowest BCUT2D eigenvalue weighted by molar-refractivity contribution is -0.122. The van der Waals surface area contributed by atoms with Crippen molar-refractivity contribution in [3.63, 3.8) is 0 Å². The Hall–Kier alpha value is -3.68. The second kappa shape index (κ2) is 10.9. The van der Waals surface area contributed by atoms with E-state index in [0.717, 1.165) is 6.07 Å². The first-order valence-corrected chi connectivity index (χ1v) is 11.6. The molecule has 2 aromatic carbocycles. The Balaban J connectivity index is 1.66. The SMILES string of the molecule is CNC(=O)CN1CCC(Oc2cc3c(Nc4ccc(F)c(Cl)c4F)c(C#N)cnc3cc2OC)CC1. The van der Waals surface area contributed by atoms with Gasteiger partial charge in [-0.3, -0.25) is 14.7 Å². The fourth-order valence-corrected chi connectivity index (χ4v) is 4.24. The van der Waals surface area contributed by atoms with Crippen LogP contribution in [0.1, 0.15) is 18.4 Å². The summed E-state index contributed by atoms with van der Waals surface area (Å²) in [5, 5.41) is 15.0. The highest BCUT2D eigenvalue weighted by Crippen LogP contribution is 2.39. The molecule has 2 heterocycles. The summed E-state index contributed by atoms with van der Waals surface area (Å²) in [6.45, 7) is 1.74. The molecule has 11 heteroatoms. The number of likely N-dealkylation sites (N-methyl/N-ethyl adjacent to an activating group) is 1. The molecule has 188 valence electrons. The number of rotatable bonds is 7. The van der Waals surface area contributed by atoms with E-state index in [1.54, 1.807) is 19.2 Å². The van der Waals surface area contributed by atoms with Crippen LogP contribution in [0.25, 0.3) is 10.9 Å². The summed E-state index contributed by atoms with van der Waals surface area (Å²) >= 11 is 5.73. The normalized spacial score (nSPS) is 14.3. The van der Waals surface area contributed by atoms with Crippen molar-refractivity contribution in [2.45, 2.75) is 18.9 Å². The number of halogens is 3. The number of anilines is 2. The minimum absolute atomic E-state index is 0.0368. The summed E-state index contributed by atoms with van der Waals surface area (Å²) in [6.07, 6.45) is 2.66. The number of carbonyl (C=O) groups is 1. The largest absolute Gasteiger partial charge is 0.493 e. The Morgan fingerprint density at radius 1 is 1.28 bits per heavy atom. The second-order valence-corrected chi connectivity index (χ2v) is 8.67. The maximum absolute atomic E-state index is 14.6. The topological polar surface area (TPSA) is 99.5 Å². The van der Waals surface area contributed by atoms with Crippen LogP contribution in [0.4, 0.5) is 20.2 Å². The summed E-state index contributed by atoms with van der Waals surface area (Å²) in [6, 6.07) is 7.65. The number of benzene rings is 2. The third kappa shape index (κ3) is 5.27. The minimum Gasteiger partial charge on any atom is -0.493 e. The molecule has 36 heavy (non-hydrogen) atoms. The zero-order valence-electron chi connectivity index (χ0n) is 19.7. The average molecular weight is 516 g/mol. The summed E-state index contributed by atoms with van der Waals surface area (Å²) in [5.74, 6) is -1.01. The smallest absolute Gasteiger partial charge is 0.233 e. The molecule has 0 aliphatic carbocycles. The van der Waals surface area contributed by atoms with E-state index in [0.29, 0.717) is 54.9 Å². The monoisotopic (exact) mass is 515 g/mol. The highest BCUT2D eigenvalue weighted by molar-refractivity contribution is 6.31. The van der Waals surface area contributed by atoms with Crippen LogP contribution < -0.4 is 20.1 Å². The number of hydrogen-bond acceptors (Lipinski definition) is 7. The predicted molar refractivity (Wildman–Crippen MR) is 132 cm³/mol. The number of nitrogens with zero attached hydrogens (tertiary/aromatic N) is 3. The molecular weight excluding hydrogens is 492 g/mol. The number of fused-ring (bicyclic) bond motifs is 1. The third-order valence-corrected chi connectivity index (χ3v) is 6.39. The number of carbonyl (C=O) groups excluding carboxylic acids is 1. The molecular formula is C25H24ClF2N5O3. The van der Waals surface area contributed by atoms with Gasteiger partial charge in [0.25, 0.3) is 0 Å². The Morgan fingerprint density at radius 3 is 2.69 bits per heavy atom. The standard InChI is InChI=1S/C25H24ClF2N5O3/c1-30-22(34)13-33-7-5-15(6-8-33)36-21-9-16-19(10-20(21)35-2)31-12-14(11-29)25(16)32-18-4-3-17(27)23(26)24(18)28/h3-4,9-10,12,15H,5-8,13H2,1-2H3,(H,30,34)(H,31,32). The highest BCUT2D eigenvalue weighted by Gasteiger charge is 2.24. The van der Waals surface area contributed by atoms with E-state index in [9.17, 15) is 18.8 Å². The molecule has 1 fully saturated rings. The van der Waals surface area contributed by atoms with Gasteiger partial charge < -0.3 is 20.1 Å². The van der Waals surface area contributed by atoms with Gasteiger partial charge in [-0.05, 0) is 31.0 Å². The van der Waals surface area contributed by atoms with Gasteiger partial charge in [0, 0.05) is 37.8 Å². The van der Waals surface area contributed by atoms with Crippen LogP contribution >= 0.6 is 11.6 Å². The minimum atomic E-state index is -0.973. The molecule has 0 bridgehead atoms. The zero-order chi connectivity index (χ0) is 25.8. The number of nitrogens with one attached hydrogen (secondary N) is 2. The lowest BCUT2D eigenvalue weighted by Crippen LogP contribution is -2.43. The van der Waals surface area contributed by atoms with Crippen molar-refractivity contribution >= 4 is 39.8 Å². The molecule has 0 saturated carbocycles. The van der Waals surface area contributed by atoms with E-state index in [1.165, 1.54) is 19.4 Å². The first-order chi connectivity index (χ1) is 17.3. The Kier molecular flexibility index (Phi) is 7.72. The summed E-state index contributed by atoms with van der Waals surface area (Å²) < 4.78 is 40.0.